The maximum Gasteiger partial charge on any atom is 0.253 e. The maximum absolute atomic E-state index is 12.2. The van der Waals surface area contributed by atoms with Crippen molar-refractivity contribution < 1.29 is 4.79 Å². The SMILES string of the molecule is O=C(NCc1ccccn1)c1cncc(NCc2ccccn2)c1. The molecule has 0 aliphatic rings. The Bertz CT molecular complexity index is 793. The number of carbonyl (C=O) groups is 1. The first-order valence-electron chi connectivity index (χ1n) is 7.58. The number of nitrogens with one attached hydrogen (secondary N) is 2. The highest BCUT2D eigenvalue weighted by Crippen LogP contribution is 2.10. The molecule has 0 radical (unpaired) electrons. The highest BCUT2D eigenvalue weighted by molar-refractivity contribution is 5.94. The molecule has 0 unspecified atom stereocenters. The third-order valence-corrected chi connectivity index (χ3v) is 3.36. The largest absolute Gasteiger partial charge is 0.378 e. The molecule has 0 bridgehead atoms. The van der Waals surface area contributed by atoms with Crippen molar-refractivity contribution in [1.29, 1.82) is 0 Å². The van der Waals surface area contributed by atoms with E-state index in [1.54, 1.807) is 30.9 Å². The van der Waals surface area contributed by atoms with Crippen LogP contribution in [0.15, 0.2) is 67.3 Å². The molecule has 0 spiro atoms. The Morgan fingerprint density at radius 3 is 2.29 bits per heavy atom. The number of aromatic nitrogens is 3. The minimum Gasteiger partial charge on any atom is -0.378 e. The lowest BCUT2D eigenvalue weighted by atomic mass is 10.2. The molecule has 0 saturated heterocycles. The molecular formula is C18H17N5O. The number of hydrogen-bond donors (Lipinski definition) is 2. The first-order chi connectivity index (χ1) is 11.8. The van der Waals surface area contributed by atoms with E-state index in [2.05, 4.69) is 25.6 Å². The molecule has 3 rings (SSSR count). The third-order valence-electron chi connectivity index (χ3n) is 3.36. The van der Waals surface area contributed by atoms with Crippen LogP contribution in [0.5, 0.6) is 0 Å². The molecule has 0 aromatic carbocycles. The molecule has 0 atom stereocenters. The minimum atomic E-state index is -0.186. The Morgan fingerprint density at radius 2 is 1.62 bits per heavy atom. The number of carbonyl (C=O) groups excluding carboxylic acids is 1. The summed E-state index contributed by atoms with van der Waals surface area (Å²) < 4.78 is 0. The van der Waals surface area contributed by atoms with Gasteiger partial charge in [0.15, 0.2) is 0 Å². The fourth-order valence-electron chi connectivity index (χ4n) is 2.13. The van der Waals surface area contributed by atoms with E-state index in [0.717, 1.165) is 17.1 Å². The number of anilines is 1. The monoisotopic (exact) mass is 319 g/mol. The zero-order valence-electron chi connectivity index (χ0n) is 13.0. The molecule has 3 aromatic heterocycles. The van der Waals surface area contributed by atoms with E-state index in [9.17, 15) is 4.79 Å². The zero-order chi connectivity index (χ0) is 16.6. The minimum absolute atomic E-state index is 0.186. The second-order valence-electron chi connectivity index (χ2n) is 5.14. The second-order valence-corrected chi connectivity index (χ2v) is 5.14. The Balaban J connectivity index is 1.59. The predicted octanol–water partition coefficient (Wildman–Crippen LogP) is 2.41. The van der Waals surface area contributed by atoms with Crippen molar-refractivity contribution in [2.24, 2.45) is 0 Å². The summed E-state index contributed by atoms with van der Waals surface area (Å²) in [5, 5.41) is 6.05. The molecule has 1 amide bonds. The zero-order valence-corrected chi connectivity index (χ0v) is 13.0. The molecule has 0 saturated carbocycles. The first-order valence-corrected chi connectivity index (χ1v) is 7.58. The third kappa shape index (κ3) is 4.36. The van der Waals surface area contributed by atoms with Gasteiger partial charge in [-0.15, -0.1) is 0 Å². The summed E-state index contributed by atoms with van der Waals surface area (Å²) >= 11 is 0. The van der Waals surface area contributed by atoms with Crippen molar-refractivity contribution in [2.75, 3.05) is 5.32 Å². The van der Waals surface area contributed by atoms with Gasteiger partial charge in [0.05, 0.1) is 35.7 Å². The van der Waals surface area contributed by atoms with E-state index in [-0.39, 0.29) is 5.91 Å². The first kappa shape index (κ1) is 15.6. The van der Waals surface area contributed by atoms with Crippen LogP contribution >= 0.6 is 0 Å². The van der Waals surface area contributed by atoms with E-state index < -0.39 is 0 Å². The highest BCUT2D eigenvalue weighted by Gasteiger charge is 2.07. The van der Waals surface area contributed by atoms with E-state index in [0.29, 0.717) is 18.7 Å². The number of amides is 1. The number of hydrogen-bond acceptors (Lipinski definition) is 5. The number of rotatable bonds is 6. The molecule has 0 aliphatic heterocycles. The summed E-state index contributed by atoms with van der Waals surface area (Å²) in [4.78, 5) is 24.8. The molecular weight excluding hydrogens is 302 g/mol. The molecule has 3 aromatic rings. The average Bonchev–Trinajstić information content (AvgIpc) is 2.66. The summed E-state index contributed by atoms with van der Waals surface area (Å²) in [6.07, 6.45) is 6.67. The lowest BCUT2D eigenvalue weighted by Crippen LogP contribution is -2.23. The van der Waals surface area contributed by atoms with Crippen molar-refractivity contribution in [3.05, 3.63) is 84.2 Å². The summed E-state index contributed by atoms with van der Waals surface area (Å²) in [6, 6.07) is 13.1. The fraction of sp³-hybridized carbons (Fsp3) is 0.111. The Labute approximate surface area is 140 Å². The average molecular weight is 319 g/mol. The van der Waals surface area contributed by atoms with E-state index in [4.69, 9.17) is 0 Å². The van der Waals surface area contributed by atoms with Gasteiger partial charge in [-0.2, -0.15) is 0 Å². The van der Waals surface area contributed by atoms with Crippen molar-refractivity contribution in [3.8, 4) is 0 Å². The van der Waals surface area contributed by atoms with Crippen LogP contribution in [0.3, 0.4) is 0 Å². The van der Waals surface area contributed by atoms with Crippen LogP contribution in [0.1, 0.15) is 21.7 Å². The normalized spacial score (nSPS) is 10.2. The van der Waals surface area contributed by atoms with Crippen LogP contribution in [0.4, 0.5) is 5.69 Å². The lowest BCUT2D eigenvalue weighted by molar-refractivity contribution is 0.0950. The maximum atomic E-state index is 12.2. The van der Waals surface area contributed by atoms with Gasteiger partial charge in [-0.1, -0.05) is 12.1 Å². The van der Waals surface area contributed by atoms with E-state index >= 15 is 0 Å². The van der Waals surface area contributed by atoms with Crippen LogP contribution in [0.2, 0.25) is 0 Å². The number of nitrogens with zero attached hydrogens (tertiary/aromatic N) is 3. The van der Waals surface area contributed by atoms with Crippen LogP contribution < -0.4 is 10.6 Å². The summed E-state index contributed by atoms with van der Waals surface area (Å²) in [6.45, 7) is 0.951. The fourth-order valence-corrected chi connectivity index (χ4v) is 2.13. The number of pyridine rings is 3. The summed E-state index contributed by atoms with van der Waals surface area (Å²) in [5.41, 5.74) is 2.99. The summed E-state index contributed by atoms with van der Waals surface area (Å²) in [7, 11) is 0. The van der Waals surface area contributed by atoms with Crippen LogP contribution in [0, 0.1) is 0 Å². The van der Waals surface area contributed by atoms with Crippen LogP contribution in [-0.4, -0.2) is 20.9 Å². The van der Waals surface area contributed by atoms with E-state index in [1.165, 1.54) is 0 Å². The Morgan fingerprint density at radius 1 is 0.917 bits per heavy atom. The Hall–Kier alpha value is -3.28. The van der Waals surface area contributed by atoms with Gasteiger partial charge in [0.1, 0.15) is 0 Å². The van der Waals surface area contributed by atoms with Gasteiger partial charge in [0.2, 0.25) is 0 Å². The topological polar surface area (TPSA) is 79.8 Å². The quantitative estimate of drug-likeness (QED) is 0.729. The second kappa shape index (κ2) is 7.82. The predicted molar refractivity (Wildman–Crippen MR) is 91.2 cm³/mol. The molecule has 6 heteroatoms. The van der Waals surface area contributed by atoms with Gasteiger partial charge in [-0.25, -0.2) is 0 Å². The summed E-state index contributed by atoms with van der Waals surface area (Å²) in [5.74, 6) is -0.186. The Kier molecular flexibility index (Phi) is 5.09. The van der Waals surface area contributed by atoms with Crippen molar-refractivity contribution >= 4 is 11.6 Å². The van der Waals surface area contributed by atoms with Gasteiger partial charge in [0.25, 0.3) is 5.91 Å². The van der Waals surface area contributed by atoms with Crippen molar-refractivity contribution in [3.63, 3.8) is 0 Å². The standard InChI is InChI=1S/C18H17N5O/c24-18(23-13-16-6-2-4-8-21-16)14-9-17(11-19-10-14)22-12-15-5-1-3-7-20-15/h1-11,22H,12-13H2,(H,23,24). The molecule has 0 aliphatic carbocycles. The van der Waals surface area contributed by atoms with Gasteiger partial charge in [0, 0.05) is 24.8 Å². The lowest BCUT2D eigenvalue weighted by Gasteiger charge is -2.08. The van der Waals surface area contributed by atoms with Crippen molar-refractivity contribution in [1.82, 2.24) is 20.3 Å². The van der Waals surface area contributed by atoms with Gasteiger partial charge in [-0.05, 0) is 30.3 Å². The molecule has 3 heterocycles. The van der Waals surface area contributed by atoms with Gasteiger partial charge < -0.3 is 10.6 Å². The molecule has 24 heavy (non-hydrogen) atoms. The molecule has 120 valence electrons. The molecule has 6 nitrogen and oxygen atoms in total. The highest BCUT2D eigenvalue weighted by atomic mass is 16.1. The smallest absolute Gasteiger partial charge is 0.253 e. The van der Waals surface area contributed by atoms with Crippen LogP contribution in [0.25, 0.3) is 0 Å². The van der Waals surface area contributed by atoms with Gasteiger partial charge in [-0.3, -0.25) is 19.7 Å². The van der Waals surface area contributed by atoms with Crippen LogP contribution in [-0.2, 0) is 13.1 Å². The molecule has 2 N–H and O–H groups in total. The molecule has 0 fully saturated rings. The van der Waals surface area contributed by atoms with Crippen molar-refractivity contribution in [2.45, 2.75) is 13.1 Å². The van der Waals surface area contributed by atoms with Gasteiger partial charge >= 0.3 is 0 Å². The van der Waals surface area contributed by atoms with E-state index in [1.807, 2.05) is 36.4 Å².